The number of urea groups is 1. The van der Waals surface area contributed by atoms with Crippen molar-refractivity contribution in [3.63, 3.8) is 0 Å². The number of nitrogens with one attached hydrogen (secondary N) is 1. The first-order chi connectivity index (χ1) is 10.0. The van der Waals surface area contributed by atoms with Gasteiger partial charge < -0.3 is 5.32 Å². The molecule has 1 N–H and O–H groups in total. The summed E-state index contributed by atoms with van der Waals surface area (Å²) in [6.45, 7) is 0.489. The van der Waals surface area contributed by atoms with Gasteiger partial charge in [0, 0.05) is 25.1 Å². The smallest absolute Gasteiger partial charge is 0.328 e. The Balaban J connectivity index is 1.92. The molecule has 1 aliphatic heterocycles. The molecule has 2 fully saturated rings. The third-order valence-electron chi connectivity index (χ3n) is 4.31. The van der Waals surface area contributed by atoms with Crippen LogP contribution in [0.1, 0.15) is 25.7 Å². The second-order valence-corrected chi connectivity index (χ2v) is 5.70. The number of carbonyl (C=O) groups is 2. The van der Waals surface area contributed by atoms with E-state index in [4.69, 9.17) is 0 Å². The molecule has 7 nitrogen and oxygen atoms in total. The average Bonchev–Trinajstić information content (AvgIpc) is 2.55. The van der Waals surface area contributed by atoms with Crippen LogP contribution in [0, 0.1) is 15.5 Å². The van der Waals surface area contributed by atoms with Gasteiger partial charge in [-0.3, -0.25) is 14.9 Å². The number of anilines is 1. The van der Waals surface area contributed by atoms with Crippen molar-refractivity contribution in [1.82, 2.24) is 5.32 Å². The van der Waals surface area contributed by atoms with Crippen LogP contribution in [-0.4, -0.2) is 23.4 Å². The zero-order chi connectivity index (χ0) is 15.0. The molecule has 1 aromatic carbocycles. The minimum Gasteiger partial charge on any atom is -0.337 e. The Morgan fingerprint density at radius 3 is 2.67 bits per heavy atom. The summed E-state index contributed by atoms with van der Waals surface area (Å²) >= 11 is 0. The summed E-state index contributed by atoms with van der Waals surface area (Å²) in [7, 11) is 0. The number of benzene rings is 1. The van der Waals surface area contributed by atoms with Crippen molar-refractivity contribution in [1.29, 1.82) is 0 Å². The van der Waals surface area contributed by atoms with Crippen LogP contribution in [0.15, 0.2) is 24.3 Å². The number of nitrogens with zero attached hydrogens (tertiary/aromatic N) is 2. The maximum absolute atomic E-state index is 12.4. The van der Waals surface area contributed by atoms with Gasteiger partial charge in [-0.15, -0.1) is 0 Å². The predicted molar refractivity (Wildman–Crippen MR) is 74.9 cm³/mol. The zero-order valence-corrected chi connectivity index (χ0v) is 11.4. The fraction of sp³-hybridized carbons (Fsp3) is 0.429. The summed E-state index contributed by atoms with van der Waals surface area (Å²) in [4.78, 5) is 35.9. The van der Waals surface area contributed by atoms with Crippen LogP contribution in [0.25, 0.3) is 0 Å². The Labute approximate surface area is 121 Å². The number of non-ortho nitro benzene ring substituents is 1. The molecular weight excluding hydrogens is 274 g/mol. The first kappa shape index (κ1) is 13.5. The van der Waals surface area contributed by atoms with Crippen LogP contribution in [0.4, 0.5) is 16.2 Å². The third-order valence-corrected chi connectivity index (χ3v) is 4.31. The van der Waals surface area contributed by atoms with E-state index in [9.17, 15) is 19.7 Å². The highest BCUT2D eigenvalue weighted by atomic mass is 16.6. The number of nitro benzene ring substituents is 1. The SMILES string of the molecule is O=C1CC2(CCC2)CNC(=O)N1c1cccc([N+](=O)[O-])c1. The van der Waals surface area contributed by atoms with E-state index in [1.807, 2.05) is 0 Å². The van der Waals surface area contributed by atoms with E-state index in [1.54, 1.807) is 0 Å². The van der Waals surface area contributed by atoms with Gasteiger partial charge in [-0.1, -0.05) is 12.5 Å². The lowest BCUT2D eigenvalue weighted by Gasteiger charge is -2.39. The van der Waals surface area contributed by atoms with Crippen LogP contribution in [0.3, 0.4) is 0 Å². The Morgan fingerprint density at radius 1 is 1.29 bits per heavy atom. The molecule has 1 heterocycles. The number of nitro groups is 1. The zero-order valence-electron chi connectivity index (χ0n) is 11.4. The summed E-state index contributed by atoms with van der Waals surface area (Å²) in [6, 6.07) is 5.07. The molecule has 0 radical (unpaired) electrons. The van der Waals surface area contributed by atoms with Gasteiger partial charge in [0.25, 0.3) is 5.69 Å². The van der Waals surface area contributed by atoms with E-state index in [2.05, 4.69) is 5.32 Å². The summed E-state index contributed by atoms with van der Waals surface area (Å²) in [5.74, 6) is -0.301. The standard InChI is InChI=1S/C14H15N3O4/c18-12-8-14(5-2-6-14)9-15-13(19)16(12)10-3-1-4-11(7-10)17(20)21/h1,3-4,7H,2,5-6,8-9H2,(H,15,19). The average molecular weight is 289 g/mol. The molecular formula is C14H15N3O4. The van der Waals surface area contributed by atoms with Crippen LogP contribution in [0.2, 0.25) is 0 Å². The van der Waals surface area contributed by atoms with Crippen LogP contribution < -0.4 is 10.2 Å². The number of carbonyl (C=O) groups excluding carboxylic acids is 2. The molecule has 1 saturated heterocycles. The van der Waals surface area contributed by atoms with E-state index < -0.39 is 11.0 Å². The van der Waals surface area contributed by atoms with Gasteiger partial charge in [0.15, 0.2) is 0 Å². The van der Waals surface area contributed by atoms with E-state index in [1.165, 1.54) is 24.3 Å². The lowest BCUT2D eigenvalue weighted by molar-refractivity contribution is -0.384. The number of amides is 3. The summed E-state index contributed by atoms with van der Waals surface area (Å²) < 4.78 is 0. The number of imide groups is 1. The largest absolute Gasteiger partial charge is 0.337 e. The second kappa shape index (κ2) is 4.83. The van der Waals surface area contributed by atoms with Gasteiger partial charge >= 0.3 is 6.03 Å². The molecule has 7 heteroatoms. The number of hydrogen-bond donors (Lipinski definition) is 1. The molecule has 21 heavy (non-hydrogen) atoms. The normalized spacial score (nSPS) is 20.7. The Bertz CT molecular complexity index is 624. The van der Waals surface area contributed by atoms with E-state index in [0.717, 1.165) is 24.2 Å². The Morgan fingerprint density at radius 2 is 2.05 bits per heavy atom. The van der Waals surface area contributed by atoms with Crippen molar-refractivity contribution in [3.05, 3.63) is 34.4 Å². The highest BCUT2D eigenvalue weighted by Gasteiger charge is 2.44. The maximum atomic E-state index is 12.4. The van der Waals surface area contributed by atoms with Gasteiger partial charge in [0.1, 0.15) is 0 Å². The summed E-state index contributed by atoms with van der Waals surface area (Å²) in [6.07, 6.45) is 3.23. The molecule has 1 aliphatic carbocycles. The van der Waals surface area contributed by atoms with Gasteiger partial charge in [0.05, 0.1) is 10.6 Å². The molecule has 1 spiro atoms. The molecule has 0 aromatic heterocycles. The minimum atomic E-state index is -0.545. The van der Waals surface area contributed by atoms with Crippen molar-refractivity contribution >= 4 is 23.3 Å². The highest BCUT2D eigenvalue weighted by molar-refractivity contribution is 6.15. The molecule has 110 valence electrons. The van der Waals surface area contributed by atoms with Gasteiger partial charge in [-0.25, -0.2) is 9.69 Å². The molecule has 0 bridgehead atoms. The van der Waals surface area contributed by atoms with Crippen molar-refractivity contribution in [2.75, 3.05) is 11.4 Å². The fourth-order valence-corrected chi connectivity index (χ4v) is 2.96. The van der Waals surface area contributed by atoms with E-state index in [-0.39, 0.29) is 22.7 Å². The first-order valence-corrected chi connectivity index (χ1v) is 6.86. The minimum absolute atomic E-state index is 0.123. The number of rotatable bonds is 2. The molecule has 0 atom stereocenters. The molecule has 3 rings (SSSR count). The monoisotopic (exact) mass is 289 g/mol. The van der Waals surface area contributed by atoms with Crippen molar-refractivity contribution < 1.29 is 14.5 Å². The van der Waals surface area contributed by atoms with Crippen LogP contribution in [-0.2, 0) is 4.79 Å². The fourth-order valence-electron chi connectivity index (χ4n) is 2.96. The first-order valence-electron chi connectivity index (χ1n) is 6.86. The third kappa shape index (κ3) is 2.35. The lowest BCUT2D eigenvalue weighted by atomic mass is 9.66. The quantitative estimate of drug-likeness (QED) is 0.667. The molecule has 3 amide bonds. The van der Waals surface area contributed by atoms with Crippen LogP contribution in [0.5, 0.6) is 0 Å². The Kier molecular flexibility index (Phi) is 3.12. The van der Waals surface area contributed by atoms with Crippen molar-refractivity contribution in [2.45, 2.75) is 25.7 Å². The molecule has 2 aliphatic rings. The molecule has 0 unspecified atom stereocenters. The topological polar surface area (TPSA) is 92.6 Å². The van der Waals surface area contributed by atoms with E-state index in [0.29, 0.717) is 13.0 Å². The highest BCUT2D eigenvalue weighted by Crippen LogP contribution is 2.45. The summed E-state index contributed by atoms with van der Waals surface area (Å²) in [5.41, 5.74) is -0.0267. The molecule has 1 saturated carbocycles. The van der Waals surface area contributed by atoms with Crippen molar-refractivity contribution in [3.8, 4) is 0 Å². The maximum Gasteiger partial charge on any atom is 0.328 e. The second-order valence-electron chi connectivity index (χ2n) is 5.70. The predicted octanol–water partition coefficient (Wildman–Crippen LogP) is 2.21. The number of hydrogen-bond acceptors (Lipinski definition) is 4. The molecule has 1 aromatic rings. The summed E-state index contributed by atoms with van der Waals surface area (Å²) in [5, 5.41) is 13.6. The van der Waals surface area contributed by atoms with E-state index >= 15 is 0 Å². The lowest BCUT2D eigenvalue weighted by Crippen LogP contribution is -2.42. The van der Waals surface area contributed by atoms with Gasteiger partial charge in [-0.05, 0) is 24.3 Å². The van der Waals surface area contributed by atoms with Crippen LogP contribution >= 0.6 is 0 Å². The van der Waals surface area contributed by atoms with Gasteiger partial charge in [0.2, 0.25) is 5.91 Å². The van der Waals surface area contributed by atoms with Crippen molar-refractivity contribution in [2.24, 2.45) is 5.41 Å². The van der Waals surface area contributed by atoms with Gasteiger partial charge in [-0.2, -0.15) is 0 Å². The Hall–Kier alpha value is -2.44.